The number of H-pyrrole nitrogens is 1. The van der Waals surface area contributed by atoms with E-state index in [0.717, 1.165) is 33.7 Å². The first-order valence-corrected chi connectivity index (χ1v) is 13.9. The summed E-state index contributed by atoms with van der Waals surface area (Å²) < 4.78 is 0.687. The van der Waals surface area contributed by atoms with Crippen molar-refractivity contribution < 1.29 is 4.79 Å². The van der Waals surface area contributed by atoms with Crippen molar-refractivity contribution in [2.75, 3.05) is 5.32 Å². The normalized spacial score (nSPS) is 26.5. The van der Waals surface area contributed by atoms with Gasteiger partial charge in [0.25, 0.3) is 0 Å². The fourth-order valence-corrected chi connectivity index (χ4v) is 6.56. The van der Waals surface area contributed by atoms with Crippen molar-refractivity contribution in [3.05, 3.63) is 92.9 Å². The zero-order valence-corrected chi connectivity index (χ0v) is 23.7. The fraction of sp³-hybridized carbons (Fsp3) is 0.355. The standard InChI is InChI=1S/C31H32BrN5O/c1-18-15-31(4,29(38)37-30-35-25(28(32)36-30)14-21-10-6-5-7-11-21)20(3)22-12-8-9-13-23(22)24(16-33)27-26(18)19(2)17-34-27/h5-13,17-20,24H,14-15H2,1-4H3,(H2,35,36,37,38). The van der Waals surface area contributed by atoms with Crippen LogP contribution in [0.4, 0.5) is 5.95 Å². The molecule has 1 aliphatic carbocycles. The molecule has 2 aliphatic rings. The van der Waals surface area contributed by atoms with E-state index in [2.05, 4.69) is 76.3 Å². The molecule has 3 aromatic rings. The van der Waals surface area contributed by atoms with E-state index in [-0.39, 0.29) is 23.7 Å². The van der Waals surface area contributed by atoms with Crippen molar-refractivity contribution in [2.24, 2.45) is 22.2 Å². The average molecular weight is 571 g/mol. The maximum absolute atomic E-state index is 14.1. The summed E-state index contributed by atoms with van der Waals surface area (Å²) in [6.45, 7) is 8.42. The van der Waals surface area contributed by atoms with Crippen LogP contribution in [-0.4, -0.2) is 22.1 Å². The average Bonchev–Trinajstić information content (AvgIpc) is 3.46. The Bertz CT molecular complexity index is 1470. The number of halogens is 1. The Morgan fingerprint density at radius 3 is 2.53 bits per heavy atom. The molecule has 1 amide bonds. The van der Waals surface area contributed by atoms with Crippen molar-refractivity contribution in [1.82, 2.24) is 9.97 Å². The van der Waals surface area contributed by atoms with Gasteiger partial charge in [-0.1, -0.05) is 82.3 Å². The maximum atomic E-state index is 14.1. The predicted molar refractivity (Wildman–Crippen MR) is 154 cm³/mol. The van der Waals surface area contributed by atoms with Gasteiger partial charge in [0.05, 0.1) is 22.9 Å². The molecule has 194 valence electrons. The van der Waals surface area contributed by atoms with Gasteiger partial charge in [-0.25, -0.2) is 4.98 Å². The molecule has 7 heteroatoms. The maximum Gasteiger partial charge on any atom is 0.233 e. The van der Waals surface area contributed by atoms with Gasteiger partial charge in [0.2, 0.25) is 11.9 Å². The highest BCUT2D eigenvalue weighted by atomic mass is 79.9. The van der Waals surface area contributed by atoms with Crippen LogP contribution in [0.1, 0.15) is 68.3 Å². The van der Waals surface area contributed by atoms with Crippen molar-refractivity contribution in [2.45, 2.75) is 52.4 Å². The van der Waals surface area contributed by atoms with E-state index in [1.165, 1.54) is 0 Å². The quantitative estimate of drug-likeness (QED) is 0.349. The first kappa shape index (κ1) is 26.1. The SMILES string of the molecule is CC1C=NC2=C1C(C)CC(C)(C(=O)Nc1nc(Br)c(Cc3ccccc3)[nH]1)C(C)c1ccccc1C2C#N. The summed E-state index contributed by atoms with van der Waals surface area (Å²) in [4.78, 5) is 26.7. The Hall–Kier alpha value is -3.50. The zero-order chi connectivity index (χ0) is 27.0. The number of aromatic nitrogens is 2. The van der Waals surface area contributed by atoms with Crippen molar-refractivity contribution >= 4 is 34.0 Å². The molecule has 2 N–H and O–H groups in total. The number of anilines is 1. The number of allylic oxidation sites excluding steroid dienone is 2. The lowest BCUT2D eigenvalue weighted by molar-refractivity contribution is -0.126. The fourth-order valence-electron chi connectivity index (χ4n) is 6.14. The van der Waals surface area contributed by atoms with E-state index in [4.69, 9.17) is 4.99 Å². The Labute approximate surface area is 232 Å². The molecule has 6 nitrogen and oxygen atoms in total. The summed E-state index contributed by atoms with van der Waals surface area (Å²) in [5.41, 5.74) is 5.24. The minimum Gasteiger partial charge on any atom is -0.326 e. The molecule has 5 atom stereocenters. The number of fused-ring (bicyclic) bond motifs is 1. The number of carbonyl (C=O) groups is 1. The molecule has 2 heterocycles. The summed E-state index contributed by atoms with van der Waals surface area (Å²) >= 11 is 3.56. The minimum absolute atomic E-state index is 0.0721. The summed E-state index contributed by atoms with van der Waals surface area (Å²) in [6, 6.07) is 20.7. The molecule has 5 unspecified atom stereocenters. The van der Waals surface area contributed by atoms with Crippen LogP contribution in [0.15, 0.2) is 75.5 Å². The number of rotatable bonds is 4. The molecule has 38 heavy (non-hydrogen) atoms. The number of amides is 1. The van der Waals surface area contributed by atoms with E-state index in [1.807, 2.05) is 49.5 Å². The van der Waals surface area contributed by atoms with Gasteiger partial charge in [0.15, 0.2) is 0 Å². The highest BCUT2D eigenvalue weighted by Gasteiger charge is 2.45. The lowest BCUT2D eigenvalue weighted by Gasteiger charge is -2.37. The number of nitrogens with one attached hydrogen (secondary N) is 2. The molecule has 0 saturated heterocycles. The summed E-state index contributed by atoms with van der Waals surface area (Å²) in [5.74, 6) is -0.0661. The first-order chi connectivity index (χ1) is 18.2. The van der Waals surface area contributed by atoms with E-state index >= 15 is 0 Å². The molecule has 0 bridgehead atoms. The Balaban J connectivity index is 1.51. The molecule has 0 spiro atoms. The van der Waals surface area contributed by atoms with Crippen molar-refractivity contribution in [1.29, 1.82) is 5.26 Å². The molecule has 2 aromatic carbocycles. The van der Waals surface area contributed by atoms with Gasteiger partial charge < -0.3 is 4.98 Å². The minimum atomic E-state index is -0.765. The van der Waals surface area contributed by atoms with Crippen LogP contribution in [0, 0.1) is 28.6 Å². The van der Waals surface area contributed by atoms with Gasteiger partial charge in [-0.15, -0.1) is 0 Å². The number of benzene rings is 2. The number of hydrogen-bond acceptors (Lipinski definition) is 4. The van der Waals surface area contributed by atoms with Crippen LogP contribution in [0.5, 0.6) is 0 Å². The number of imidazole rings is 1. The zero-order valence-electron chi connectivity index (χ0n) is 22.1. The topological polar surface area (TPSA) is 93.9 Å². The van der Waals surface area contributed by atoms with Crippen LogP contribution < -0.4 is 5.32 Å². The largest absolute Gasteiger partial charge is 0.326 e. The van der Waals surface area contributed by atoms with Gasteiger partial charge in [0, 0.05) is 18.6 Å². The van der Waals surface area contributed by atoms with E-state index in [1.54, 1.807) is 0 Å². The predicted octanol–water partition coefficient (Wildman–Crippen LogP) is 7.13. The Morgan fingerprint density at radius 2 is 1.82 bits per heavy atom. The number of carbonyl (C=O) groups excluding carboxylic acids is 1. The van der Waals surface area contributed by atoms with E-state index < -0.39 is 11.3 Å². The monoisotopic (exact) mass is 569 g/mol. The third-order valence-electron chi connectivity index (χ3n) is 8.32. The smallest absolute Gasteiger partial charge is 0.233 e. The Morgan fingerprint density at radius 1 is 1.13 bits per heavy atom. The number of aromatic amines is 1. The van der Waals surface area contributed by atoms with Crippen LogP contribution in [0.3, 0.4) is 0 Å². The lowest BCUT2D eigenvalue weighted by atomic mass is 9.67. The molecular weight excluding hydrogens is 538 g/mol. The number of aliphatic imine (C=N–C) groups is 1. The summed E-state index contributed by atoms with van der Waals surface area (Å²) in [7, 11) is 0. The first-order valence-electron chi connectivity index (χ1n) is 13.1. The molecular formula is C31H32BrN5O. The second-order valence-corrected chi connectivity index (χ2v) is 11.6. The Kier molecular flexibility index (Phi) is 7.11. The molecule has 0 radical (unpaired) electrons. The molecule has 5 rings (SSSR count). The summed E-state index contributed by atoms with van der Waals surface area (Å²) in [6.07, 6.45) is 3.23. The third-order valence-corrected chi connectivity index (χ3v) is 8.98. The van der Waals surface area contributed by atoms with Gasteiger partial charge in [0.1, 0.15) is 10.5 Å². The van der Waals surface area contributed by atoms with Crippen LogP contribution in [0.2, 0.25) is 0 Å². The van der Waals surface area contributed by atoms with Crippen LogP contribution >= 0.6 is 15.9 Å². The van der Waals surface area contributed by atoms with Gasteiger partial charge >= 0.3 is 0 Å². The molecule has 0 saturated carbocycles. The number of hydrogen-bond donors (Lipinski definition) is 2. The van der Waals surface area contributed by atoms with Gasteiger partial charge in [-0.3, -0.25) is 15.1 Å². The molecule has 0 fully saturated rings. The summed E-state index contributed by atoms with van der Waals surface area (Å²) in [5, 5.41) is 13.4. The van der Waals surface area contributed by atoms with Gasteiger partial charge in [-0.2, -0.15) is 5.26 Å². The van der Waals surface area contributed by atoms with Crippen LogP contribution in [-0.2, 0) is 11.2 Å². The second kappa shape index (κ2) is 10.3. The molecule has 1 aliphatic heterocycles. The number of nitriles is 1. The van der Waals surface area contributed by atoms with Crippen LogP contribution in [0.25, 0.3) is 0 Å². The number of nitrogens with zero attached hydrogens (tertiary/aromatic N) is 3. The highest BCUT2D eigenvalue weighted by molar-refractivity contribution is 9.10. The highest BCUT2D eigenvalue weighted by Crippen LogP contribution is 2.50. The van der Waals surface area contributed by atoms with E-state index in [9.17, 15) is 10.1 Å². The van der Waals surface area contributed by atoms with Crippen molar-refractivity contribution in [3.8, 4) is 6.07 Å². The van der Waals surface area contributed by atoms with Gasteiger partial charge in [-0.05, 0) is 56.5 Å². The molecule has 1 aromatic heterocycles. The third kappa shape index (κ3) is 4.63. The van der Waals surface area contributed by atoms with Crippen molar-refractivity contribution in [3.63, 3.8) is 0 Å². The second-order valence-electron chi connectivity index (χ2n) is 10.8. The lowest BCUT2D eigenvalue weighted by Crippen LogP contribution is -2.40. The van der Waals surface area contributed by atoms with E-state index in [0.29, 0.717) is 23.4 Å².